The highest BCUT2D eigenvalue weighted by molar-refractivity contribution is 5.86. The number of nitrogens with zero attached hydrogens (tertiary/aromatic N) is 3. The highest BCUT2D eigenvalue weighted by atomic mass is 19.4. The molecule has 120 valence electrons. The summed E-state index contributed by atoms with van der Waals surface area (Å²) in [6, 6.07) is 5.09. The molecular weight excluding hydrogens is 317 g/mol. The maximum Gasteiger partial charge on any atom is 0.573 e. The average molecular weight is 326 g/mol. The van der Waals surface area contributed by atoms with Crippen molar-refractivity contribution < 1.29 is 27.8 Å². The lowest BCUT2D eigenvalue weighted by Gasteiger charge is -2.21. The van der Waals surface area contributed by atoms with E-state index in [0.717, 1.165) is 12.1 Å². The van der Waals surface area contributed by atoms with Crippen molar-refractivity contribution in [1.82, 2.24) is 10.4 Å². The standard InChI is InChI=1S/C13H9F3N4O3/c14-13(15,16)23-9-2-1-7-5-17-10(4-8(7)3-9)12(11(21)22)6-18-20-19-12/h1-5H,6H2,(H,18,19)(H,21,22). The Kier molecular flexibility index (Phi) is 3.31. The van der Waals surface area contributed by atoms with Crippen molar-refractivity contribution in [1.29, 1.82) is 0 Å². The van der Waals surface area contributed by atoms with E-state index >= 15 is 0 Å². The SMILES string of the molecule is O=C(O)C1(c2cc3cc(OC(F)(F)F)ccc3cn2)CN=NN1. The van der Waals surface area contributed by atoms with Crippen molar-refractivity contribution in [2.75, 3.05) is 6.54 Å². The molecular formula is C13H9F3N4O3. The van der Waals surface area contributed by atoms with Crippen molar-refractivity contribution in [3.8, 4) is 5.75 Å². The molecule has 1 aromatic carbocycles. The summed E-state index contributed by atoms with van der Waals surface area (Å²) in [7, 11) is 0. The van der Waals surface area contributed by atoms with E-state index in [1.54, 1.807) is 0 Å². The molecule has 2 aromatic rings. The van der Waals surface area contributed by atoms with E-state index in [1.165, 1.54) is 18.3 Å². The Bertz CT molecular complexity index is 799. The summed E-state index contributed by atoms with van der Waals surface area (Å²) in [5.74, 6) is -1.64. The number of ether oxygens (including phenoxy) is 1. The first-order valence-electron chi connectivity index (χ1n) is 6.33. The van der Waals surface area contributed by atoms with E-state index in [-0.39, 0.29) is 12.2 Å². The molecule has 2 heterocycles. The number of hydrogen-bond donors (Lipinski definition) is 2. The molecule has 1 aromatic heterocycles. The van der Waals surface area contributed by atoms with Gasteiger partial charge >= 0.3 is 12.3 Å². The first kappa shape index (κ1) is 15.0. The molecule has 1 unspecified atom stereocenters. The van der Waals surface area contributed by atoms with Gasteiger partial charge in [0.05, 0.1) is 5.69 Å². The zero-order chi connectivity index (χ0) is 16.7. The molecule has 1 aliphatic heterocycles. The van der Waals surface area contributed by atoms with Gasteiger partial charge in [0, 0.05) is 11.6 Å². The van der Waals surface area contributed by atoms with Gasteiger partial charge < -0.3 is 9.84 Å². The minimum absolute atomic E-state index is 0.0895. The van der Waals surface area contributed by atoms with Crippen LogP contribution in [0.3, 0.4) is 0 Å². The van der Waals surface area contributed by atoms with Crippen molar-refractivity contribution in [3.05, 3.63) is 36.2 Å². The van der Waals surface area contributed by atoms with Crippen LogP contribution in [-0.4, -0.2) is 29.0 Å². The Morgan fingerprint density at radius 1 is 1.30 bits per heavy atom. The Hall–Kier alpha value is -2.91. The molecule has 7 nitrogen and oxygen atoms in total. The predicted octanol–water partition coefficient (Wildman–Crippen LogP) is 2.38. The summed E-state index contributed by atoms with van der Waals surface area (Å²) in [6.45, 7) is -0.167. The van der Waals surface area contributed by atoms with E-state index < -0.39 is 23.6 Å². The molecule has 23 heavy (non-hydrogen) atoms. The Labute approximate surface area is 126 Å². The summed E-state index contributed by atoms with van der Waals surface area (Å²) < 4.78 is 40.7. The topological polar surface area (TPSA) is 96.2 Å². The fourth-order valence-electron chi connectivity index (χ4n) is 2.21. The molecule has 0 fully saturated rings. The van der Waals surface area contributed by atoms with Crippen molar-refractivity contribution in [3.63, 3.8) is 0 Å². The number of carboxylic acid groups (broad SMARTS) is 1. The van der Waals surface area contributed by atoms with Gasteiger partial charge in [0.1, 0.15) is 12.3 Å². The van der Waals surface area contributed by atoms with E-state index in [9.17, 15) is 23.1 Å². The Balaban J connectivity index is 2.05. The smallest absolute Gasteiger partial charge is 0.479 e. The van der Waals surface area contributed by atoms with Crippen LogP contribution >= 0.6 is 0 Å². The first-order valence-corrected chi connectivity index (χ1v) is 6.33. The van der Waals surface area contributed by atoms with Crippen molar-refractivity contribution >= 4 is 16.7 Å². The van der Waals surface area contributed by atoms with Crippen LogP contribution in [0.2, 0.25) is 0 Å². The Morgan fingerprint density at radius 3 is 2.70 bits per heavy atom. The highest BCUT2D eigenvalue weighted by Gasteiger charge is 2.45. The fourth-order valence-corrected chi connectivity index (χ4v) is 2.21. The van der Waals surface area contributed by atoms with Gasteiger partial charge in [-0.25, -0.2) is 4.79 Å². The van der Waals surface area contributed by atoms with E-state index in [1.807, 2.05) is 0 Å². The number of aromatic nitrogens is 1. The average Bonchev–Trinajstić information content (AvgIpc) is 2.95. The maximum absolute atomic E-state index is 12.3. The molecule has 0 radical (unpaired) electrons. The zero-order valence-corrected chi connectivity index (χ0v) is 11.3. The van der Waals surface area contributed by atoms with Crippen LogP contribution < -0.4 is 10.2 Å². The number of carboxylic acids is 1. The number of aliphatic carboxylic acids is 1. The second kappa shape index (κ2) is 5.07. The van der Waals surface area contributed by atoms with Gasteiger partial charge in [0.25, 0.3) is 0 Å². The molecule has 1 aliphatic rings. The van der Waals surface area contributed by atoms with Gasteiger partial charge in [-0.1, -0.05) is 5.22 Å². The van der Waals surface area contributed by atoms with Gasteiger partial charge in [-0.15, -0.1) is 13.2 Å². The number of nitrogens with one attached hydrogen (secondary N) is 1. The quantitative estimate of drug-likeness (QED) is 0.903. The third kappa shape index (κ3) is 2.74. The number of rotatable bonds is 3. The van der Waals surface area contributed by atoms with Crippen LogP contribution in [0.5, 0.6) is 5.75 Å². The van der Waals surface area contributed by atoms with Crippen molar-refractivity contribution in [2.24, 2.45) is 10.3 Å². The van der Waals surface area contributed by atoms with Crippen molar-refractivity contribution in [2.45, 2.75) is 11.9 Å². The third-order valence-corrected chi connectivity index (χ3v) is 3.35. The maximum atomic E-state index is 12.3. The monoisotopic (exact) mass is 326 g/mol. The molecule has 2 N–H and O–H groups in total. The van der Waals surface area contributed by atoms with Gasteiger partial charge in [-0.3, -0.25) is 10.4 Å². The van der Waals surface area contributed by atoms with Gasteiger partial charge in [-0.05, 0) is 29.7 Å². The number of benzene rings is 1. The second-order valence-corrected chi connectivity index (χ2v) is 4.85. The molecule has 0 saturated heterocycles. The number of hydrogen-bond acceptors (Lipinski definition) is 6. The minimum atomic E-state index is -4.81. The summed E-state index contributed by atoms with van der Waals surface area (Å²) in [4.78, 5) is 15.6. The summed E-state index contributed by atoms with van der Waals surface area (Å²) >= 11 is 0. The van der Waals surface area contributed by atoms with Gasteiger partial charge in [0.2, 0.25) is 5.54 Å². The largest absolute Gasteiger partial charge is 0.573 e. The molecule has 0 bridgehead atoms. The molecule has 0 amide bonds. The molecule has 1 atom stereocenters. The van der Waals surface area contributed by atoms with E-state index in [2.05, 4.69) is 25.5 Å². The third-order valence-electron chi connectivity index (χ3n) is 3.35. The van der Waals surface area contributed by atoms with Crippen LogP contribution in [0.15, 0.2) is 40.8 Å². The summed E-state index contributed by atoms with van der Waals surface area (Å²) in [5.41, 5.74) is 0.848. The first-order chi connectivity index (χ1) is 10.8. The Morgan fingerprint density at radius 2 is 2.09 bits per heavy atom. The minimum Gasteiger partial charge on any atom is -0.479 e. The molecule has 10 heteroatoms. The fraction of sp³-hybridized carbons (Fsp3) is 0.231. The normalized spacial score (nSPS) is 20.5. The number of alkyl halides is 3. The number of fused-ring (bicyclic) bond motifs is 1. The van der Waals surface area contributed by atoms with Crippen LogP contribution in [0, 0.1) is 0 Å². The van der Waals surface area contributed by atoms with Gasteiger partial charge in [-0.2, -0.15) is 5.11 Å². The van der Waals surface area contributed by atoms with Crippen LogP contribution in [0.1, 0.15) is 5.69 Å². The molecule has 0 aliphatic carbocycles. The predicted molar refractivity (Wildman–Crippen MR) is 70.6 cm³/mol. The molecule has 0 saturated carbocycles. The lowest BCUT2D eigenvalue weighted by molar-refractivity contribution is -0.274. The molecule has 0 spiro atoms. The lowest BCUT2D eigenvalue weighted by atomic mass is 9.94. The lowest BCUT2D eigenvalue weighted by Crippen LogP contribution is -2.47. The summed E-state index contributed by atoms with van der Waals surface area (Å²) in [6.07, 6.45) is -3.44. The number of carbonyl (C=O) groups is 1. The van der Waals surface area contributed by atoms with Crippen LogP contribution in [0.4, 0.5) is 13.2 Å². The zero-order valence-electron chi connectivity index (χ0n) is 11.3. The van der Waals surface area contributed by atoms with Crippen LogP contribution in [-0.2, 0) is 10.3 Å². The molecule has 3 rings (SSSR count). The van der Waals surface area contributed by atoms with Gasteiger partial charge in [0.15, 0.2) is 0 Å². The highest BCUT2D eigenvalue weighted by Crippen LogP contribution is 2.30. The number of halogens is 3. The number of pyridine rings is 1. The van der Waals surface area contributed by atoms with Crippen LogP contribution in [0.25, 0.3) is 10.8 Å². The van der Waals surface area contributed by atoms with E-state index in [4.69, 9.17) is 0 Å². The summed E-state index contributed by atoms with van der Waals surface area (Å²) in [5, 5.41) is 17.4. The second-order valence-electron chi connectivity index (χ2n) is 4.85. The van der Waals surface area contributed by atoms with E-state index in [0.29, 0.717) is 10.8 Å².